The standard InChI is InChI=1S/C26H33F3N6O4S/c1-17-12-22(32-24(30-17)34-8-5-26(28,29)6-9-34)31-23(37)20-3-2-19(33-40(38,39)11-10-36)13-21(20)35-7-4-25(16-27)14-18(25)15-35/h2-3,12-13,18,33,36H,4-11,14-16H2,1H3,(H,30,31,32,37)/t18-,25-/m0/s1. The predicted molar refractivity (Wildman–Crippen MR) is 145 cm³/mol. The Morgan fingerprint density at radius 2 is 1.85 bits per heavy atom. The van der Waals surface area contributed by atoms with Crippen molar-refractivity contribution in [2.75, 3.05) is 65.1 Å². The summed E-state index contributed by atoms with van der Waals surface area (Å²) in [6.07, 6.45) is 0.795. The van der Waals surface area contributed by atoms with Crippen LogP contribution in [0.25, 0.3) is 0 Å². The highest BCUT2D eigenvalue weighted by Crippen LogP contribution is 2.58. The highest BCUT2D eigenvalue weighted by Gasteiger charge is 2.56. The number of amides is 1. The first-order chi connectivity index (χ1) is 18.9. The van der Waals surface area contributed by atoms with Crippen molar-refractivity contribution < 1.29 is 31.5 Å². The van der Waals surface area contributed by atoms with Gasteiger partial charge in [-0.25, -0.2) is 22.2 Å². The van der Waals surface area contributed by atoms with Crippen LogP contribution in [0.3, 0.4) is 0 Å². The molecule has 3 aliphatic rings. The molecule has 0 spiro atoms. The van der Waals surface area contributed by atoms with Crippen molar-refractivity contribution >= 4 is 39.1 Å². The zero-order chi connectivity index (χ0) is 28.7. The van der Waals surface area contributed by atoms with Crippen LogP contribution in [0, 0.1) is 18.3 Å². The molecule has 3 fully saturated rings. The van der Waals surface area contributed by atoms with Gasteiger partial charge in [-0.1, -0.05) is 0 Å². The number of piperidine rings is 2. The number of halogens is 3. The fraction of sp³-hybridized carbons (Fsp3) is 0.577. The van der Waals surface area contributed by atoms with Crippen LogP contribution in [-0.4, -0.2) is 80.5 Å². The van der Waals surface area contributed by atoms with E-state index in [9.17, 15) is 26.4 Å². The van der Waals surface area contributed by atoms with Gasteiger partial charge in [0.25, 0.3) is 11.8 Å². The lowest BCUT2D eigenvalue weighted by atomic mass is 9.96. The number of sulfonamides is 1. The van der Waals surface area contributed by atoms with E-state index in [4.69, 9.17) is 5.11 Å². The molecule has 3 heterocycles. The van der Waals surface area contributed by atoms with E-state index in [2.05, 4.69) is 20.0 Å². The zero-order valence-electron chi connectivity index (χ0n) is 22.2. The van der Waals surface area contributed by atoms with Crippen molar-refractivity contribution in [2.45, 2.75) is 38.5 Å². The number of hydrogen-bond donors (Lipinski definition) is 3. The maximum atomic E-state index is 13.6. The van der Waals surface area contributed by atoms with Gasteiger partial charge in [-0.2, -0.15) is 4.98 Å². The summed E-state index contributed by atoms with van der Waals surface area (Å²) in [6, 6.07) is 6.12. The highest BCUT2D eigenvalue weighted by atomic mass is 32.2. The minimum atomic E-state index is -3.79. The summed E-state index contributed by atoms with van der Waals surface area (Å²) in [7, 11) is -3.79. The van der Waals surface area contributed by atoms with E-state index < -0.39 is 34.2 Å². The first-order valence-electron chi connectivity index (χ1n) is 13.3. The molecule has 5 rings (SSSR count). The van der Waals surface area contributed by atoms with Crippen LogP contribution in [0.2, 0.25) is 0 Å². The molecule has 2 saturated heterocycles. The molecule has 2 aliphatic heterocycles. The number of aryl methyl sites for hydroxylation is 1. The molecule has 14 heteroatoms. The van der Waals surface area contributed by atoms with Gasteiger partial charge in [0.15, 0.2) is 0 Å². The van der Waals surface area contributed by atoms with Crippen molar-refractivity contribution in [1.82, 2.24) is 9.97 Å². The summed E-state index contributed by atoms with van der Waals surface area (Å²) < 4.78 is 67.8. The Morgan fingerprint density at radius 3 is 2.52 bits per heavy atom. The number of alkyl halides is 3. The molecule has 1 aromatic carbocycles. The van der Waals surface area contributed by atoms with E-state index in [1.165, 1.54) is 12.1 Å². The summed E-state index contributed by atoms with van der Waals surface area (Å²) in [5, 5.41) is 11.8. The second-order valence-corrected chi connectivity index (χ2v) is 12.8. The maximum Gasteiger partial charge on any atom is 0.258 e. The average Bonchev–Trinajstić information content (AvgIpc) is 3.62. The Bertz CT molecular complexity index is 1380. The third kappa shape index (κ3) is 6.12. The molecule has 1 saturated carbocycles. The zero-order valence-corrected chi connectivity index (χ0v) is 23.0. The van der Waals surface area contributed by atoms with Gasteiger partial charge >= 0.3 is 0 Å². The summed E-state index contributed by atoms with van der Waals surface area (Å²) in [5.41, 5.74) is 1.25. The van der Waals surface area contributed by atoms with Crippen molar-refractivity contribution in [2.24, 2.45) is 11.3 Å². The minimum Gasteiger partial charge on any atom is -0.395 e. The quantitative estimate of drug-likeness (QED) is 0.412. The Labute approximate surface area is 231 Å². The molecule has 10 nitrogen and oxygen atoms in total. The van der Waals surface area contributed by atoms with Crippen LogP contribution >= 0.6 is 0 Å². The normalized spacial score (nSPS) is 23.9. The van der Waals surface area contributed by atoms with E-state index in [-0.39, 0.29) is 67.0 Å². The summed E-state index contributed by atoms with van der Waals surface area (Å²) >= 11 is 0. The fourth-order valence-electron chi connectivity index (χ4n) is 5.54. The van der Waals surface area contributed by atoms with Crippen LogP contribution in [0.15, 0.2) is 24.3 Å². The Balaban J connectivity index is 1.40. The number of carbonyl (C=O) groups is 1. The second-order valence-electron chi connectivity index (χ2n) is 11.0. The summed E-state index contributed by atoms with van der Waals surface area (Å²) in [6.45, 7) is 2.03. The number of nitrogens with one attached hydrogen (secondary N) is 2. The van der Waals surface area contributed by atoms with E-state index in [1.807, 2.05) is 4.90 Å². The van der Waals surface area contributed by atoms with Crippen LogP contribution < -0.4 is 19.8 Å². The van der Waals surface area contributed by atoms with Crippen LogP contribution in [0.4, 0.5) is 36.3 Å². The SMILES string of the molecule is Cc1cc(NC(=O)c2ccc(NS(=O)(=O)CCO)cc2N2CC[C@@]3(CF)C[C@H]3C2)nc(N2CCC(F)(F)CC2)n1. The Morgan fingerprint density at radius 1 is 1.12 bits per heavy atom. The molecule has 2 atom stereocenters. The van der Waals surface area contributed by atoms with Gasteiger partial charge in [0.2, 0.25) is 16.0 Å². The monoisotopic (exact) mass is 582 g/mol. The number of aliphatic hydroxyl groups is 1. The second kappa shape index (κ2) is 10.7. The molecule has 218 valence electrons. The first kappa shape index (κ1) is 28.4. The lowest BCUT2D eigenvalue weighted by molar-refractivity contribution is -0.0222. The Kier molecular flexibility index (Phi) is 7.59. The number of aliphatic hydroxyl groups excluding tert-OH is 1. The summed E-state index contributed by atoms with van der Waals surface area (Å²) in [4.78, 5) is 25.9. The molecule has 3 N–H and O–H groups in total. The van der Waals surface area contributed by atoms with Crippen molar-refractivity contribution in [1.29, 1.82) is 0 Å². The molecule has 1 aliphatic carbocycles. The van der Waals surface area contributed by atoms with E-state index >= 15 is 0 Å². The van der Waals surface area contributed by atoms with Crippen LogP contribution in [0.5, 0.6) is 0 Å². The highest BCUT2D eigenvalue weighted by molar-refractivity contribution is 7.92. The molecule has 0 bridgehead atoms. The molecule has 1 aromatic heterocycles. The molecular weight excluding hydrogens is 549 g/mol. The number of rotatable bonds is 9. The molecule has 1 amide bonds. The number of anilines is 4. The minimum absolute atomic E-state index is 0.0954. The van der Waals surface area contributed by atoms with Crippen molar-refractivity contribution in [3.05, 3.63) is 35.5 Å². The fourth-order valence-corrected chi connectivity index (χ4v) is 6.36. The van der Waals surface area contributed by atoms with E-state index in [0.29, 0.717) is 30.9 Å². The molecular formula is C26H33F3N6O4S. The van der Waals surface area contributed by atoms with Crippen LogP contribution in [-0.2, 0) is 10.0 Å². The first-order valence-corrected chi connectivity index (χ1v) is 14.9. The topological polar surface area (TPSA) is 128 Å². The molecule has 2 aromatic rings. The van der Waals surface area contributed by atoms with Gasteiger partial charge in [-0.15, -0.1) is 0 Å². The maximum absolute atomic E-state index is 13.6. The average molecular weight is 583 g/mol. The Hall–Kier alpha value is -3.13. The number of benzene rings is 1. The molecule has 40 heavy (non-hydrogen) atoms. The summed E-state index contributed by atoms with van der Waals surface area (Å²) in [5.74, 6) is -3.06. The van der Waals surface area contributed by atoms with E-state index in [1.54, 1.807) is 24.0 Å². The van der Waals surface area contributed by atoms with Gasteiger partial charge in [0.05, 0.1) is 36.0 Å². The van der Waals surface area contributed by atoms with Gasteiger partial charge in [0, 0.05) is 56.2 Å². The number of fused-ring (bicyclic) bond motifs is 1. The predicted octanol–water partition coefficient (Wildman–Crippen LogP) is 3.19. The van der Waals surface area contributed by atoms with Gasteiger partial charge in [0.1, 0.15) is 5.82 Å². The molecule has 0 unspecified atom stereocenters. The van der Waals surface area contributed by atoms with Gasteiger partial charge in [-0.05, 0) is 43.9 Å². The van der Waals surface area contributed by atoms with Crippen LogP contribution in [0.1, 0.15) is 41.7 Å². The number of nitrogens with zero attached hydrogens (tertiary/aromatic N) is 4. The van der Waals surface area contributed by atoms with Crippen molar-refractivity contribution in [3.63, 3.8) is 0 Å². The number of aromatic nitrogens is 2. The number of carbonyl (C=O) groups excluding carboxylic acids is 1. The van der Waals surface area contributed by atoms with Crippen molar-refractivity contribution in [3.8, 4) is 0 Å². The van der Waals surface area contributed by atoms with Gasteiger partial charge < -0.3 is 20.2 Å². The lowest BCUT2D eigenvalue weighted by Gasteiger charge is -2.33. The third-order valence-corrected chi connectivity index (χ3v) is 9.29. The largest absolute Gasteiger partial charge is 0.395 e. The molecule has 0 radical (unpaired) electrons. The lowest BCUT2D eigenvalue weighted by Crippen LogP contribution is -2.40. The smallest absolute Gasteiger partial charge is 0.258 e. The van der Waals surface area contributed by atoms with E-state index in [0.717, 1.165) is 6.42 Å². The van der Waals surface area contributed by atoms with Gasteiger partial charge in [-0.3, -0.25) is 13.9 Å². The number of hydrogen-bond acceptors (Lipinski definition) is 8. The third-order valence-electron chi connectivity index (χ3n) is 8.02.